The highest BCUT2D eigenvalue weighted by molar-refractivity contribution is 6.00. The van der Waals surface area contributed by atoms with Gasteiger partial charge in [0.15, 0.2) is 11.9 Å². The molecule has 28 heavy (non-hydrogen) atoms. The predicted octanol–water partition coefficient (Wildman–Crippen LogP) is 4.68. The van der Waals surface area contributed by atoms with Gasteiger partial charge in [-0.15, -0.1) is 0 Å². The maximum Gasteiger partial charge on any atom is 0.419 e. The van der Waals surface area contributed by atoms with Crippen LogP contribution in [0, 0.1) is 5.92 Å². The second-order valence-corrected chi connectivity index (χ2v) is 7.98. The number of carboxylic acids is 1. The second-order valence-electron chi connectivity index (χ2n) is 7.98. The Labute approximate surface area is 161 Å². The van der Waals surface area contributed by atoms with Crippen molar-refractivity contribution in [2.45, 2.75) is 63.8 Å². The molecule has 0 fully saturated rings. The second kappa shape index (κ2) is 7.35. The molecular formula is C21H23F3O4. The quantitative estimate of drug-likeness (QED) is 0.701. The first-order chi connectivity index (χ1) is 13.0. The summed E-state index contributed by atoms with van der Waals surface area (Å²) in [7, 11) is 0. The first kappa shape index (κ1) is 20.6. The number of hydrogen-bond acceptors (Lipinski definition) is 3. The van der Waals surface area contributed by atoms with Crippen molar-refractivity contribution in [3.8, 4) is 0 Å². The lowest BCUT2D eigenvalue weighted by molar-refractivity contribution is -0.235. The number of alkyl halides is 3. The molecule has 0 aromatic carbocycles. The molecule has 0 aromatic rings. The fraction of sp³-hybridized carbons (Fsp3) is 0.524. The molecule has 2 aliphatic carbocycles. The number of ether oxygens (including phenoxy) is 1. The molecule has 3 aliphatic rings. The summed E-state index contributed by atoms with van der Waals surface area (Å²) in [5.41, 5.74) is -0.435. The standard InChI is InChI=1S/C21H23F3O4/c1-12-3-5-13(6-4-12)9-17(25)14-7-8-20(2)15(10-14)11-16(19(26)27)18(28-20)21(22,23)24/h5,7,10-12,18H,3-4,6,8-9H2,1-2H3,(H,26,27). The van der Waals surface area contributed by atoms with Crippen LogP contribution >= 0.6 is 0 Å². The summed E-state index contributed by atoms with van der Waals surface area (Å²) in [5.74, 6) is -1.19. The van der Waals surface area contributed by atoms with Crippen molar-refractivity contribution in [2.24, 2.45) is 5.92 Å². The third kappa shape index (κ3) is 4.14. The maximum atomic E-state index is 13.2. The Bertz CT molecular complexity index is 816. The smallest absolute Gasteiger partial charge is 0.419 e. The van der Waals surface area contributed by atoms with Crippen LogP contribution in [-0.2, 0) is 14.3 Å². The predicted molar refractivity (Wildman–Crippen MR) is 96.6 cm³/mol. The zero-order valence-electron chi connectivity index (χ0n) is 15.8. The van der Waals surface area contributed by atoms with E-state index in [0.717, 1.165) is 30.9 Å². The summed E-state index contributed by atoms with van der Waals surface area (Å²) in [4.78, 5) is 24.0. The minimum Gasteiger partial charge on any atom is -0.478 e. The number of carboxylic acid groups (broad SMARTS) is 1. The van der Waals surface area contributed by atoms with E-state index in [1.54, 1.807) is 6.08 Å². The zero-order valence-corrected chi connectivity index (χ0v) is 15.8. The van der Waals surface area contributed by atoms with Crippen molar-refractivity contribution in [1.29, 1.82) is 0 Å². The zero-order chi connectivity index (χ0) is 20.7. The highest BCUT2D eigenvalue weighted by atomic mass is 19.4. The number of fused-ring (bicyclic) bond motifs is 1. The van der Waals surface area contributed by atoms with E-state index in [1.165, 1.54) is 13.0 Å². The van der Waals surface area contributed by atoms with Gasteiger partial charge in [0.05, 0.1) is 11.2 Å². The molecule has 7 heteroatoms. The average Bonchev–Trinajstić information content (AvgIpc) is 2.61. The van der Waals surface area contributed by atoms with Gasteiger partial charge < -0.3 is 9.84 Å². The minimum atomic E-state index is -4.83. The number of halogens is 3. The summed E-state index contributed by atoms with van der Waals surface area (Å²) < 4.78 is 44.9. The highest BCUT2D eigenvalue weighted by Crippen LogP contribution is 2.44. The summed E-state index contributed by atoms with van der Waals surface area (Å²) in [6.45, 7) is 3.64. The van der Waals surface area contributed by atoms with Gasteiger partial charge in [-0.3, -0.25) is 4.79 Å². The number of carbonyl (C=O) groups excluding carboxylic acids is 1. The fourth-order valence-electron chi connectivity index (χ4n) is 3.78. The van der Waals surface area contributed by atoms with E-state index >= 15 is 0 Å². The summed E-state index contributed by atoms with van der Waals surface area (Å²) >= 11 is 0. The fourth-order valence-corrected chi connectivity index (χ4v) is 3.78. The Balaban J connectivity index is 1.85. The molecule has 3 rings (SSSR count). The third-order valence-electron chi connectivity index (χ3n) is 5.63. The van der Waals surface area contributed by atoms with Crippen molar-refractivity contribution < 1.29 is 32.6 Å². The number of Topliss-reactive ketones (excluding diaryl/α,β-unsaturated/α-hetero) is 1. The van der Waals surface area contributed by atoms with E-state index < -0.39 is 29.4 Å². The molecule has 0 saturated heterocycles. The van der Waals surface area contributed by atoms with Gasteiger partial charge in [0.25, 0.3) is 0 Å². The molecule has 0 amide bonds. The van der Waals surface area contributed by atoms with E-state index in [1.807, 2.05) is 0 Å². The van der Waals surface area contributed by atoms with Crippen LogP contribution in [0.3, 0.4) is 0 Å². The van der Waals surface area contributed by atoms with E-state index in [2.05, 4.69) is 13.0 Å². The van der Waals surface area contributed by atoms with Crippen LogP contribution in [-0.4, -0.2) is 34.7 Å². The number of rotatable bonds is 4. The van der Waals surface area contributed by atoms with Crippen LogP contribution in [0.1, 0.15) is 46.0 Å². The molecule has 0 aromatic heterocycles. The van der Waals surface area contributed by atoms with E-state index in [9.17, 15) is 27.9 Å². The Kier molecular flexibility index (Phi) is 5.40. The normalized spacial score (nSPS) is 30.5. The Hall–Kier alpha value is -2.15. The van der Waals surface area contributed by atoms with Gasteiger partial charge in [-0.1, -0.05) is 24.6 Å². The van der Waals surface area contributed by atoms with Crippen LogP contribution in [0.15, 0.2) is 46.6 Å². The minimum absolute atomic E-state index is 0.0754. The Morgan fingerprint density at radius 2 is 2.00 bits per heavy atom. The van der Waals surface area contributed by atoms with Gasteiger partial charge in [0, 0.05) is 12.0 Å². The molecular weight excluding hydrogens is 373 g/mol. The molecule has 152 valence electrons. The lowest BCUT2D eigenvalue weighted by Crippen LogP contribution is -2.48. The number of hydrogen-bond donors (Lipinski definition) is 1. The van der Waals surface area contributed by atoms with E-state index in [-0.39, 0.29) is 24.2 Å². The van der Waals surface area contributed by atoms with Crippen LogP contribution in [0.4, 0.5) is 13.2 Å². The highest BCUT2D eigenvalue weighted by Gasteiger charge is 2.52. The largest absolute Gasteiger partial charge is 0.478 e. The van der Waals surface area contributed by atoms with Crippen LogP contribution in [0.25, 0.3) is 0 Å². The lowest BCUT2D eigenvalue weighted by atomic mass is 9.79. The number of ketones is 1. The van der Waals surface area contributed by atoms with Gasteiger partial charge in [-0.2, -0.15) is 13.2 Å². The first-order valence-electron chi connectivity index (χ1n) is 9.32. The van der Waals surface area contributed by atoms with Crippen LogP contribution in [0.2, 0.25) is 0 Å². The van der Waals surface area contributed by atoms with Crippen molar-refractivity contribution in [2.75, 3.05) is 0 Å². The monoisotopic (exact) mass is 396 g/mol. The average molecular weight is 396 g/mol. The molecule has 3 unspecified atom stereocenters. The van der Waals surface area contributed by atoms with Gasteiger partial charge >= 0.3 is 12.1 Å². The molecule has 0 saturated carbocycles. The molecule has 1 N–H and O–H groups in total. The molecule has 1 aliphatic heterocycles. The number of allylic oxidation sites excluding steroid dienone is 4. The Morgan fingerprint density at radius 1 is 1.29 bits per heavy atom. The number of aliphatic carboxylic acids is 1. The van der Waals surface area contributed by atoms with Crippen molar-refractivity contribution in [3.05, 3.63) is 46.6 Å². The van der Waals surface area contributed by atoms with Crippen LogP contribution < -0.4 is 0 Å². The summed E-state index contributed by atoms with van der Waals surface area (Å²) in [6.07, 6.45) is 2.03. The molecule has 0 radical (unpaired) electrons. The molecule has 0 spiro atoms. The molecule has 0 bridgehead atoms. The molecule has 3 atom stereocenters. The molecule has 4 nitrogen and oxygen atoms in total. The Morgan fingerprint density at radius 3 is 2.57 bits per heavy atom. The maximum absolute atomic E-state index is 13.2. The van der Waals surface area contributed by atoms with Crippen LogP contribution in [0.5, 0.6) is 0 Å². The number of carbonyl (C=O) groups is 2. The van der Waals surface area contributed by atoms with Gasteiger partial charge in [-0.25, -0.2) is 4.79 Å². The van der Waals surface area contributed by atoms with Gasteiger partial charge in [0.1, 0.15) is 0 Å². The van der Waals surface area contributed by atoms with E-state index in [4.69, 9.17) is 4.74 Å². The molecule has 1 heterocycles. The summed E-state index contributed by atoms with van der Waals surface area (Å²) in [6, 6.07) is 0. The van der Waals surface area contributed by atoms with Gasteiger partial charge in [-0.05, 0) is 56.3 Å². The summed E-state index contributed by atoms with van der Waals surface area (Å²) in [5, 5.41) is 9.19. The topological polar surface area (TPSA) is 63.6 Å². The van der Waals surface area contributed by atoms with E-state index in [0.29, 0.717) is 11.5 Å². The van der Waals surface area contributed by atoms with Crippen molar-refractivity contribution >= 4 is 11.8 Å². The van der Waals surface area contributed by atoms with Crippen molar-refractivity contribution in [3.63, 3.8) is 0 Å². The SMILES string of the molecule is CC1CC=C(CC(=O)C2=CCC3(C)OC(C(F)(F)F)C(C(=O)O)=CC3=C2)CC1. The van der Waals surface area contributed by atoms with Crippen molar-refractivity contribution in [1.82, 2.24) is 0 Å². The first-order valence-corrected chi connectivity index (χ1v) is 9.32. The van der Waals surface area contributed by atoms with Gasteiger partial charge in [0.2, 0.25) is 0 Å². The lowest BCUT2D eigenvalue weighted by Gasteiger charge is -2.41. The third-order valence-corrected chi connectivity index (χ3v) is 5.63.